The Kier molecular flexibility index (Phi) is 7.54. The van der Waals surface area contributed by atoms with Gasteiger partial charge in [0, 0.05) is 19.6 Å². The standard InChI is InChI=1S/C23H28N2O5/c1-28-20-10-6-9-19(22(20)29-2)23(27)24-15-17-11-13-25(14-12-17)21(26)16-30-18-7-4-3-5-8-18/h3-10,17H,11-16H2,1-2H3,(H,24,27). The van der Waals surface area contributed by atoms with Crippen molar-refractivity contribution in [3.8, 4) is 17.2 Å². The molecule has 0 radical (unpaired) electrons. The topological polar surface area (TPSA) is 77.1 Å². The Morgan fingerprint density at radius 1 is 1.00 bits per heavy atom. The fraction of sp³-hybridized carbons (Fsp3) is 0.391. The Balaban J connectivity index is 1.44. The molecule has 1 heterocycles. The van der Waals surface area contributed by atoms with E-state index in [1.807, 2.05) is 35.2 Å². The Hall–Kier alpha value is -3.22. The predicted octanol–water partition coefficient (Wildman–Crippen LogP) is 2.75. The maximum Gasteiger partial charge on any atom is 0.260 e. The van der Waals surface area contributed by atoms with E-state index < -0.39 is 0 Å². The van der Waals surface area contributed by atoms with Crippen molar-refractivity contribution < 1.29 is 23.8 Å². The van der Waals surface area contributed by atoms with Gasteiger partial charge in [-0.15, -0.1) is 0 Å². The second-order valence-corrected chi connectivity index (χ2v) is 7.18. The van der Waals surface area contributed by atoms with Gasteiger partial charge in [-0.3, -0.25) is 9.59 Å². The van der Waals surface area contributed by atoms with E-state index >= 15 is 0 Å². The fourth-order valence-electron chi connectivity index (χ4n) is 3.54. The van der Waals surface area contributed by atoms with Crippen molar-refractivity contribution in [3.63, 3.8) is 0 Å². The quantitative estimate of drug-likeness (QED) is 0.722. The number of hydrogen-bond donors (Lipinski definition) is 1. The third-order valence-electron chi connectivity index (χ3n) is 5.27. The lowest BCUT2D eigenvalue weighted by Crippen LogP contribution is -2.43. The summed E-state index contributed by atoms with van der Waals surface area (Å²) in [6.07, 6.45) is 1.68. The molecule has 1 N–H and O–H groups in total. The van der Waals surface area contributed by atoms with Crippen molar-refractivity contribution in [3.05, 3.63) is 54.1 Å². The minimum absolute atomic E-state index is 0.0116. The van der Waals surface area contributed by atoms with Crippen LogP contribution >= 0.6 is 0 Å². The van der Waals surface area contributed by atoms with Crippen LogP contribution < -0.4 is 19.5 Å². The molecule has 2 amide bonds. The molecule has 1 saturated heterocycles. The highest BCUT2D eigenvalue weighted by Crippen LogP contribution is 2.30. The molecule has 0 saturated carbocycles. The summed E-state index contributed by atoms with van der Waals surface area (Å²) in [5, 5.41) is 2.98. The summed E-state index contributed by atoms with van der Waals surface area (Å²) in [7, 11) is 3.06. The van der Waals surface area contributed by atoms with Gasteiger partial charge >= 0.3 is 0 Å². The lowest BCUT2D eigenvalue weighted by Gasteiger charge is -2.32. The van der Waals surface area contributed by atoms with Crippen LogP contribution in [0.1, 0.15) is 23.2 Å². The molecule has 0 unspecified atom stereocenters. The van der Waals surface area contributed by atoms with Crippen LogP contribution in [0.15, 0.2) is 48.5 Å². The summed E-state index contributed by atoms with van der Waals surface area (Å²) in [5.41, 5.74) is 0.447. The highest BCUT2D eigenvalue weighted by atomic mass is 16.5. The van der Waals surface area contributed by atoms with Gasteiger partial charge in [-0.25, -0.2) is 0 Å². The van der Waals surface area contributed by atoms with E-state index in [9.17, 15) is 9.59 Å². The first-order chi connectivity index (χ1) is 14.6. The highest BCUT2D eigenvalue weighted by Gasteiger charge is 2.24. The van der Waals surface area contributed by atoms with Crippen molar-refractivity contribution in [2.75, 3.05) is 40.5 Å². The second-order valence-electron chi connectivity index (χ2n) is 7.18. The summed E-state index contributed by atoms with van der Waals surface area (Å²) in [5.74, 6) is 1.76. The number of benzene rings is 2. The van der Waals surface area contributed by atoms with Gasteiger partial charge in [0.2, 0.25) is 0 Å². The molecule has 1 aliphatic heterocycles. The summed E-state index contributed by atoms with van der Waals surface area (Å²) in [4.78, 5) is 26.8. The van der Waals surface area contributed by atoms with Gasteiger partial charge in [0.05, 0.1) is 19.8 Å². The van der Waals surface area contributed by atoms with E-state index in [-0.39, 0.29) is 18.4 Å². The maximum absolute atomic E-state index is 12.6. The normalized spacial score (nSPS) is 14.1. The molecule has 1 aliphatic rings. The third-order valence-corrected chi connectivity index (χ3v) is 5.27. The molecule has 2 aromatic rings. The number of nitrogens with one attached hydrogen (secondary N) is 1. The lowest BCUT2D eigenvalue weighted by atomic mass is 9.96. The molecular formula is C23H28N2O5. The zero-order valence-corrected chi connectivity index (χ0v) is 17.4. The molecule has 2 aromatic carbocycles. The highest BCUT2D eigenvalue weighted by molar-refractivity contribution is 5.97. The zero-order chi connectivity index (χ0) is 21.3. The molecule has 0 bridgehead atoms. The van der Waals surface area contributed by atoms with Gasteiger partial charge in [0.25, 0.3) is 11.8 Å². The summed E-state index contributed by atoms with van der Waals surface area (Å²) in [6, 6.07) is 14.6. The number of rotatable bonds is 8. The smallest absolute Gasteiger partial charge is 0.260 e. The number of amides is 2. The Morgan fingerprint density at radius 3 is 2.40 bits per heavy atom. The minimum atomic E-state index is -0.194. The Labute approximate surface area is 176 Å². The van der Waals surface area contributed by atoms with Crippen molar-refractivity contribution in [2.45, 2.75) is 12.8 Å². The van der Waals surface area contributed by atoms with Crippen LogP contribution in [-0.4, -0.2) is 57.2 Å². The molecule has 3 rings (SSSR count). The molecular weight excluding hydrogens is 384 g/mol. The largest absolute Gasteiger partial charge is 0.493 e. The number of likely N-dealkylation sites (tertiary alicyclic amines) is 1. The van der Waals surface area contributed by atoms with Gasteiger partial charge in [0.15, 0.2) is 18.1 Å². The second kappa shape index (κ2) is 10.5. The van der Waals surface area contributed by atoms with E-state index in [2.05, 4.69) is 5.32 Å². The van der Waals surface area contributed by atoms with Crippen LogP contribution in [0.3, 0.4) is 0 Å². The van der Waals surface area contributed by atoms with Crippen molar-refractivity contribution >= 4 is 11.8 Å². The van der Waals surface area contributed by atoms with Gasteiger partial charge in [-0.05, 0) is 43.0 Å². The van der Waals surface area contributed by atoms with E-state index in [1.165, 1.54) is 7.11 Å². The molecule has 0 spiro atoms. The summed E-state index contributed by atoms with van der Waals surface area (Å²) < 4.78 is 16.1. The van der Waals surface area contributed by atoms with Crippen molar-refractivity contribution in [1.29, 1.82) is 0 Å². The summed E-state index contributed by atoms with van der Waals surface area (Å²) >= 11 is 0. The fourth-order valence-corrected chi connectivity index (χ4v) is 3.54. The van der Waals surface area contributed by atoms with E-state index in [4.69, 9.17) is 14.2 Å². The maximum atomic E-state index is 12.6. The number of carbonyl (C=O) groups excluding carboxylic acids is 2. The number of carbonyl (C=O) groups is 2. The molecule has 0 aliphatic carbocycles. The van der Waals surface area contributed by atoms with Crippen LogP contribution in [0.5, 0.6) is 17.2 Å². The number of hydrogen-bond acceptors (Lipinski definition) is 5. The van der Waals surface area contributed by atoms with Gasteiger partial charge in [0.1, 0.15) is 5.75 Å². The predicted molar refractivity (Wildman–Crippen MR) is 113 cm³/mol. The molecule has 160 valence electrons. The zero-order valence-electron chi connectivity index (χ0n) is 17.4. The first-order valence-corrected chi connectivity index (χ1v) is 10.1. The van der Waals surface area contributed by atoms with Crippen LogP contribution in [0.25, 0.3) is 0 Å². The van der Waals surface area contributed by atoms with Crippen LogP contribution in [-0.2, 0) is 4.79 Å². The molecule has 30 heavy (non-hydrogen) atoms. The average Bonchev–Trinajstić information content (AvgIpc) is 2.81. The van der Waals surface area contributed by atoms with Crippen LogP contribution in [0.2, 0.25) is 0 Å². The first kappa shape index (κ1) is 21.5. The van der Waals surface area contributed by atoms with Crippen LogP contribution in [0, 0.1) is 5.92 Å². The van der Waals surface area contributed by atoms with Gasteiger partial charge in [-0.1, -0.05) is 24.3 Å². The SMILES string of the molecule is COc1cccc(C(=O)NCC2CCN(C(=O)COc3ccccc3)CC2)c1OC. The van der Waals surface area contributed by atoms with Crippen LogP contribution in [0.4, 0.5) is 0 Å². The molecule has 7 nitrogen and oxygen atoms in total. The monoisotopic (exact) mass is 412 g/mol. The number of para-hydroxylation sites is 2. The number of nitrogens with zero attached hydrogens (tertiary/aromatic N) is 1. The molecule has 1 fully saturated rings. The van der Waals surface area contributed by atoms with Gasteiger partial charge in [-0.2, -0.15) is 0 Å². The van der Waals surface area contributed by atoms with Crippen molar-refractivity contribution in [1.82, 2.24) is 10.2 Å². The number of piperidine rings is 1. The van der Waals surface area contributed by atoms with E-state index in [0.717, 1.165) is 12.8 Å². The minimum Gasteiger partial charge on any atom is -0.493 e. The van der Waals surface area contributed by atoms with E-state index in [0.29, 0.717) is 48.4 Å². The summed E-state index contributed by atoms with van der Waals surface area (Å²) in [6.45, 7) is 1.93. The average molecular weight is 412 g/mol. The van der Waals surface area contributed by atoms with Gasteiger partial charge < -0.3 is 24.4 Å². The third kappa shape index (κ3) is 5.43. The lowest BCUT2D eigenvalue weighted by molar-refractivity contribution is -0.134. The Bertz CT molecular complexity index is 848. The van der Waals surface area contributed by atoms with Crippen molar-refractivity contribution in [2.24, 2.45) is 5.92 Å². The van der Waals surface area contributed by atoms with E-state index in [1.54, 1.807) is 25.3 Å². The Morgan fingerprint density at radius 2 is 1.73 bits per heavy atom. The first-order valence-electron chi connectivity index (χ1n) is 10.1. The molecule has 0 aromatic heterocycles. The molecule has 7 heteroatoms. The molecule has 0 atom stereocenters. The number of ether oxygens (including phenoxy) is 3. The number of methoxy groups -OCH3 is 2.